The first kappa shape index (κ1) is 6.63. The van der Waals surface area contributed by atoms with Crippen molar-refractivity contribution in [3.63, 3.8) is 0 Å². The van der Waals surface area contributed by atoms with E-state index in [4.69, 9.17) is 5.73 Å². The second-order valence-corrected chi connectivity index (χ2v) is 1.85. The van der Waals surface area contributed by atoms with Crippen molar-refractivity contribution in [2.24, 2.45) is 11.7 Å². The SMILES string of the molecule is CC(C=O)[C@H](C)N. The fourth-order valence-electron chi connectivity index (χ4n) is 0.124. The van der Waals surface area contributed by atoms with Gasteiger partial charge in [-0.15, -0.1) is 0 Å². The monoisotopic (exact) mass is 101 g/mol. The minimum absolute atomic E-state index is 0.000000000000000222. The highest BCUT2D eigenvalue weighted by Gasteiger charge is 2.02. The van der Waals surface area contributed by atoms with Gasteiger partial charge >= 0.3 is 0 Å². The zero-order valence-corrected chi connectivity index (χ0v) is 4.72. The Labute approximate surface area is 43.7 Å². The molecule has 1 unspecified atom stereocenters. The molecule has 0 saturated carbocycles. The Kier molecular flexibility index (Phi) is 2.60. The Hall–Kier alpha value is -0.370. The predicted molar refractivity (Wildman–Crippen MR) is 28.9 cm³/mol. The van der Waals surface area contributed by atoms with Crippen LogP contribution >= 0.6 is 0 Å². The van der Waals surface area contributed by atoms with Gasteiger partial charge in [0, 0.05) is 12.0 Å². The lowest BCUT2D eigenvalue weighted by Crippen LogP contribution is -2.24. The number of hydrogen-bond donors (Lipinski definition) is 1. The number of nitrogens with two attached hydrogens (primary N) is 1. The van der Waals surface area contributed by atoms with E-state index in [-0.39, 0.29) is 12.0 Å². The summed E-state index contributed by atoms with van der Waals surface area (Å²) in [4.78, 5) is 9.87. The molecule has 0 bridgehead atoms. The first-order valence-corrected chi connectivity index (χ1v) is 2.39. The lowest BCUT2D eigenvalue weighted by Gasteiger charge is -2.04. The van der Waals surface area contributed by atoms with Crippen LogP contribution in [0.4, 0.5) is 0 Å². The van der Waals surface area contributed by atoms with E-state index in [0.29, 0.717) is 0 Å². The van der Waals surface area contributed by atoms with Gasteiger partial charge in [0.05, 0.1) is 0 Å². The molecule has 0 spiro atoms. The summed E-state index contributed by atoms with van der Waals surface area (Å²) in [6, 6.07) is -0.00231. The summed E-state index contributed by atoms with van der Waals surface area (Å²) in [6.07, 6.45) is 0.866. The van der Waals surface area contributed by atoms with Crippen LogP contribution in [-0.2, 0) is 4.79 Å². The largest absolute Gasteiger partial charge is 0.327 e. The summed E-state index contributed by atoms with van der Waals surface area (Å²) < 4.78 is 0. The van der Waals surface area contributed by atoms with Gasteiger partial charge in [0.2, 0.25) is 0 Å². The molecule has 0 radical (unpaired) electrons. The number of carbonyl (C=O) groups is 1. The topological polar surface area (TPSA) is 43.1 Å². The van der Waals surface area contributed by atoms with Crippen LogP contribution in [0.15, 0.2) is 0 Å². The Morgan fingerprint density at radius 3 is 2.00 bits per heavy atom. The second kappa shape index (κ2) is 2.75. The molecule has 0 aliphatic heterocycles. The summed E-state index contributed by atoms with van der Waals surface area (Å²) in [6.45, 7) is 3.62. The smallest absolute Gasteiger partial charge is 0.124 e. The average Bonchev–Trinajstić information content (AvgIpc) is 1.65. The zero-order chi connectivity index (χ0) is 5.86. The molecule has 0 aliphatic rings. The molecule has 0 aromatic heterocycles. The van der Waals surface area contributed by atoms with Gasteiger partial charge < -0.3 is 10.5 Å². The molecule has 2 N–H and O–H groups in total. The highest BCUT2D eigenvalue weighted by Crippen LogP contribution is 1.91. The fourth-order valence-corrected chi connectivity index (χ4v) is 0.124. The fraction of sp³-hybridized carbons (Fsp3) is 0.800. The molecule has 2 atom stereocenters. The van der Waals surface area contributed by atoms with E-state index in [1.54, 1.807) is 6.92 Å². The maximum Gasteiger partial charge on any atom is 0.124 e. The highest BCUT2D eigenvalue weighted by atomic mass is 16.1. The molecule has 42 valence electrons. The van der Waals surface area contributed by atoms with Gasteiger partial charge in [0.15, 0.2) is 0 Å². The molecule has 0 saturated heterocycles. The van der Waals surface area contributed by atoms with E-state index in [0.717, 1.165) is 6.29 Å². The number of aldehydes is 1. The molecule has 0 rings (SSSR count). The van der Waals surface area contributed by atoms with Crippen molar-refractivity contribution in [1.82, 2.24) is 0 Å². The van der Waals surface area contributed by atoms with E-state index in [2.05, 4.69) is 0 Å². The summed E-state index contributed by atoms with van der Waals surface area (Å²) in [5.41, 5.74) is 5.32. The van der Waals surface area contributed by atoms with Crippen molar-refractivity contribution < 1.29 is 4.79 Å². The molecule has 0 aromatic rings. The first-order valence-electron chi connectivity index (χ1n) is 2.39. The van der Waals surface area contributed by atoms with Crippen LogP contribution in [0, 0.1) is 5.92 Å². The lowest BCUT2D eigenvalue weighted by molar-refractivity contribution is -0.111. The number of carbonyl (C=O) groups excluding carboxylic acids is 1. The van der Waals surface area contributed by atoms with Gasteiger partial charge in [0.1, 0.15) is 6.29 Å². The molecule has 0 aliphatic carbocycles. The van der Waals surface area contributed by atoms with E-state index in [1.807, 2.05) is 6.92 Å². The summed E-state index contributed by atoms with van der Waals surface area (Å²) in [7, 11) is 0. The summed E-state index contributed by atoms with van der Waals surface area (Å²) in [5, 5.41) is 0. The van der Waals surface area contributed by atoms with Crippen molar-refractivity contribution in [1.29, 1.82) is 0 Å². The maximum absolute atomic E-state index is 9.87. The molecule has 2 nitrogen and oxygen atoms in total. The van der Waals surface area contributed by atoms with Crippen molar-refractivity contribution in [2.75, 3.05) is 0 Å². The molecule has 0 heterocycles. The van der Waals surface area contributed by atoms with Gasteiger partial charge in [-0.3, -0.25) is 0 Å². The molecule has 7 heavy (non-hydrogen) atoms. The van der Waals surface area contributed by atoms with Gasteiger partial charge in [0.25, 0.3) is 0 Å². The molecular formula is C5H11NO. The Balaban J connectivity index is 3.33. The van der Waals surface area contributed by atoms with Crippen molar-refractivity contribution in [3.05, 3.63) is 0 Å². The quantitative estimate of drug-likeness (QED) is 0.504. The first-order chi connectivity index (χ1) is 3.18. The van der Waals surface area contributed by atoms with Crippen LogP contribution < -0.4 is 5.73 Å². The van der Waals surface area contributed by atoms with Crippen molar-refractivity contribution in [2.45, 2.75) is 19.9 Å². The maximum atomic E-state index is 9.87. The average molecular weight is 101 g/mol. The van der Waals surface area contributed by atoms with Gasteiger partial charge in [-0.25, -0.2) is 0 Å². The Bertz CT molecular complexity index is 61.1. The van der Waals surface area contributed by atoms with Crippen LogP contribution in [0.1, 0.15) is 13.8 Å². The minimum Gasteiger partial charge on any atom is -0.327 e. The highest BCUT2D eigenvalue weighted by molar-refractivity contribution is 5.53. The van der Waals surface area contributed by atoms with Gasteiger partial charge in [-0.1, -0.05) is 6.92 Å². The van der Waals surface area contributed by atoms with Crippen LogP contribution in [0.5, 0.6) is 0 Å². The van der Waals surface area contributed by atoms with Crippen LogP contribution in [-0.4, -0.2) is 12.3 Å². The second-order valence-electron chi connectivity index (χ2n) is 1.85. The third-order valence-electron chi connectivity index (χ3n) is 1.04. The molecular weight excluding hydrogens is 90.1 g/mol. The number of hydrogen-bond acceptors (Lipinski definition) is 2. The standard InChI is InChI=1S/C5H11NO/c1-4(3-7)5(2)6/h3-5H,6H2,1-2H3/t4?,5-/m0/s1. The molecule has 2 heteroatoms. The summed E-state index contributed by atoms with van der Waals surface area (Å²) in [5.74, 6) is -0.000000000000000222. The van der Waals surface area contributed by atoms with Crippen molar-refractivity contribution >= 4 is 6.29 Å². The Morgan fingerprint density at radius 2 is 2.00 bits per heavy atom. The van der Waals surface area contributed by atoms with Crippen LogP contribution in [0.3, 0.4) is 0 Å². The third-order valence-corrected chi connectivity index (χ3v) is 1.04. The molecule has 0 fully saturated rings. The van der Waals surface area contributed by atoms with Crippen LogP contribution in [0.2, 0.25) is 0 Å². The van der Waals surface area contributed by atoms with E-state index < -0.39 is 0 Å². The normalized spacial score (nSPS) is 18.1. The van der Waals surface area contributed by atoms with Crippen molar-refractivity contribution in [3.8, 4) is 0 Å². The molecule has 0 aromatic carbocycles. The van der Waals surface area contributed by atoms with E-state index in [9.17, 15) is 4.79 Å². The summed E-state index contributed by atoms with van der Waals surface area (Å²) >= 11 is 0. The Morgan fingerprint density at radius 1 is 1.57 bits per heavy atom. The lowest BCUT2D eigenvalue weighted by atomic mass is 10.1. The van der Waals surface area contributed by atoms with Crippen LogP contribution in [0.25, 0.3) is 0 Å². The van der Waals surface area contributed by atoms with E-state index in [1.165, 1.54) is 0 Å². The van der Waals surface area contributed by atoms with E-state index >= 15 is 0 Å². The third kappa shape index (κ3) is 2.34. The predicted octanol–water partition coefficient (Wildman–Crippen LogP) is 0.169. The molecule has 0 amide bonds. The zero-order valence-electron chi connectivity index (χ0n) is 4.72. The van der Waals surface area contributed by atoms with Gasteiger partial charge in [-0.05, 0) is 6.92 Å². The number of rotatable bonds is 2. The van der Waals surface area contributed by atoms with Gasteiger partial charge in [-0.2, -0.15) is 0 Å². The minimum atomic E-state index is -0.00231.